The van der Waals surface area contributed by atoms with Crippen LogP contribution in [0.2, 0.25) is 0 Å². The zero-order valence-electron chi connectivity index (χ0n) is 6.90. The predicted octanol–water partition coefficient (Wildman–Crippen LogP) is 1.51. The van der Waals surface area contributed by atoms with Crippen LogP contribution in [-0.2, 0) is 11.3 Å². The fourth-order valence-corrected chi connectivity index (χ4v) is 1.65. The first-order chi connectivity index (χ1) is 6.12. The van der Waals surface area contributed by atoms with Crippen molar-refractivity contribution >= 4 is 21.9 Å². The van der Waals surface area contributed by atoms with E-state index in [0.29, 0.717) is 6.54 Å². The van der Waals surface area contributed by atoms with E-state index >= 15 is 0 Å². The first kappa shape index (κ1) is 8.74. The van der Waals surface area contributed by atoms with Gasteiger partial charge in [0.15, 0.2) is 0 Å². The van der Waals surface area contributed by atoms with Crippen LogP contribution in [0, 0.1) is 5.41 Å². The van der Waals surface area contributed by atoms with Crippen LogP contribution in [0.5, 0.6) is 0 Å². The first-order valence-corrected chi connectivity index (χ1v) is 4.83. The minimum Gasteiger partial charge on any atom is -0.481 e. The number of carbonyl (C=O) groups is 1. The first-order valence-electron chi connectivity index (χ1n) is 4.04. The van der Waals surface area contributed by atoms with E-state index in [-0.39, 0.29) is 0 Å². The Morgan fingerprint density at radius 3 is 2.85 bits per heavy atom. The van der Waals surface area contributed by atoms with Crippen LogP contribution in [0.15, 0.2) is 16.9 Å². The van der Waals surface area contributed by atoms with Crippen molar-refractivity contribution in [1.29, 1.82) is 0 Å². The summed E-state index contributed by atoms with van der Waals surface area (Å²) >= 11 is 3.27. The molecule has 1 heterocycles. The van der Waals surface area contributed by atoms with Gasteiger partial charge in [0, 0.05) is 6.20 Å². The van der Waals surface area contributed by atoms with Crippen LogP contribution < -0.4 is 0 Å². The lowest BCUT2D eigenvalue weighted by molar-refractivity contribution is -0.144. The lowest BCUT2D eigenvalue weighted by atomic mass is 10.1. The molecule has 0 aromatic carbocycles. The molecule has 0 unspecified atom stereocenters. The molecule has 70 valence electrons. The van der Waals surface area contributed by atoms with Crippen LogP contribution in [-0.4, -0.2) is 20.9 Å². The molecule has 13 heavy (non-hydrogen) atoms. The van der Waals surface area contributed by atoms with Gasteiger partial charge in [-0.2, -0.15) is 5.10 Å². The fourth-order valence-electron chi connectivity index (χ4n) is 1.33. The van der Waals surface area contributed by atoms with E-state index < -0.39 is 11.4 Å². The second-order valence-corrected chi connectivity index (χ2v) is 4.36. The van der Waals surface area contributed by atoms with Gasteiger partial charge in [-0.3, -0.25) is 9.48 Å². The summed E-state index contributed by atoms with van der Waals surface area (Å²) in [5.41, 5.74) is -0.536. The van der Waals surface area contributed by atoms with Crippen molar-refractivity contribution in [3.63, 3.8) is 0 Å². The van der Waals surface area contributed by atoms with Gasteiger partial charge in [-0.05, 0) is 28.8 Å². The summed E-state index contributed by atoms with van der Waals surface area (Å²) in [4.78, 5) is 10.8. The van der Waals surface area contributed by atoms with Crippen molar-refractivity contribution in [3.8, 4) is 0 Å². The molecule has 1 aromatic heterocycles. The molecule has 0 radical (unpaired) electrons. The minimum atomic E-state index is -0.709. The summed E-state index contributed by atoms with van der Waals surface area (Å²) in [7, 11) is 0. The van der Waals surface area contributed by atoms with E-state index in [1.54, 1.807) is 17.1 Å². The molecule has 1 saturated carbocycles. The molecule has 5 heteroatoms. The van der Waals surface area contributed by atoms with E-state index in [1.807, 2.05) is 0 Å². The second-order valence-electron chi connectivity index (χ2n) is 3.44. The number of aromatic nitrogens is 2. The Labute approximate surface area is 83.7 Å². The van der Waals surface area contributed by atoms with Gasteiger partial charge in [-0.1, -0.05) is 0 Å². The molecule has 4 nitrogen and oxygen atoms in total. The molecule has 1 N–H and O–H groups in total. The van der Waals surface area contributed by atoms with Gasteiger partial charge in [-0.15, -0.1) is 0 Å². The summed E-state index contributed by atoms with van der Waals surface area (Å²) in [6.45, 7) is 0.480. The lowest BCUT2D eigenvalue weighted by Crippen LogP contribution is -2.21. The predicted molar refractivity (Wildman–Crippen MR) is 49.2 cm³/mol. The van der Waals surface area contributed by atoms with Crippen LogP contribution in [0.3, 0.4) is 0 Å². The average Bonchev–Trinajstić information content (AvgIpc) is 2.72. The zero-order chi connectivity index (χ0) is 9.47. The van der Waals surface area contributed by atoms with E-state index in [2.05, 4.69) is 21.0 Å². The Morgan fingerprint density at radius 2 is 2.46 bits per heavy atom. The van der Waals surface area contributed by atoms with Crippen LogP contribution in [0.4, 0.5) is 0 Å². The normalized spacial score (nSPS) is 18.5. The summed E-state index contributed by atoms with van der Waals surface area (Å²) in [6, 6.07) is 0. The van der Waals surface area contributed by atoms with Crippen molar-refractivity contribution in [3.05, 3.63) is 16.9 Å². The Kier molecular flexibility index (Phi) is 1.91. The Balaban J connectivity index is 2.10. The maximum atomic E-state index is 10.8. The van der Waals surface area contributed by atoms with Gasteiger partial charge < -0.3 is 5.11 Å². The zero-order valence-corrected chi connectivity index (χ0v) is 8.49. The van der Waals surface area contributed by atoms with Gasteiger partial charge in [0.2, 0.25) is 0 Å². The highest BCUT2D eigenvalue weighted by atomic mass is 79.9. The summed E-state index contributed by atoms with van der Waals surface area (Å²) < 4.78 is 2.55. The lowest BCUT2D eigenvalue weighted by Gasteiger charge is -2.08. The highest BCUT2D eigenvalue weighted by Crippen LogP contribution is 2.47. The molecule has 0 aliphatic heterocycles. The van der Waals surface area contributed by atoms with Crippen molar-refractivity contribution in [2.45, 2.75) is 19.4 Å². The molecule has 0 amide bonds. The molecule has 1 aliphatic carbocycles. The third-order valence-corrected chi connectivity index (χ3v) is 2.78. The van der Waals surface area contributed by atoms with Crippen LogP contribution in [0.25, 0.3) is 0 Å². The van der Waals surface area contributed by atoms with Crippen molar-refractivity contribution in [1.82, 2.24) is 9.78 Å². The number of rotatable bonds is 3. The molecule has 0 atom stereocenters. The third-order valence-electron chi connectivity index (χ3n) is 2.37. The van der Waals surface area contributed by atoms with E-state index in [9.17, 15) is 4.79 Å². The Hall–Kier alpha value is -0.840. The van der Waals surface area contributed by atoms with Crippen LogP contribution in [0.1, 0.15) is 12.8 Å². The van der Waals surface area contributed by atoms with E-state index in [4.69, 9.17) is 5.11 Å². The number of carboxylic acids is 1. The minimum absolute atomic E-state index is 0.480. The number of hydrogen-bond donors (Lipinski definition) is 1. The smallest absolute Gasteiger partial charge is 0.311 e. The number of hydrogen-bond acceptors (Lipinski definition) is 2. The summed E-state index contributed by atoms with van der Waals surface area (Å²) in [6.07, 6.45) is 4.99. The van der Waals surface area contributed by atoms with Crippen LogP contribution >= 0.6 is 15.9 Å². The largest absolute Gasteiger partial charge is 0.481 e. The SMILES string of the molecule is O=C(O)C1(Cn2cc(Br)cn2)CC1. The Bertz CT molecular complexity index is 344. The molecule has 1 aromatic rings. The maximum Gasteiger partial charge on any atom is 0.311 e. The highest BCUT2D eigenvalue weighted by Gasteiger charge is 2.50. The van der Waals surface area contributed by atoms with Crippen molar-refractivity contribution < 1.29 is 9.90 Å². The molecular weight excluding hydrogens is 236 g/mol. The molecule has 0 saturated heterocycles. The van der Waals surface area contributed by atoms with Gasteiger partial charge >= 0.3 is 5.97 Å². The number of halogens is 1. The summed E-state index contributed by atoms with van der Waals surface area (Å²) in [5.74, 6) is -0.709. The molecule has 1 aliphatic rings. The van der Waals surface area contributed by atoms with Crippen molar-refractivity contribution in [2.24, 2.45) is 5.41 Å². The van der Waals surface area contributed by atoms with Gasteiger partial charge in [0.1, 0.15) is 0 Å². The molecular formula is C8H9BrN2O2. The molecule has 1 fully saturated rings. The number of nitrogens with zero attached hydrogens (tertiary/aromatic N) is 2. The highest BCUT2D eigenvalue weighted by molar-refractivity contribution is 9.10. The average molecular weight is 245 g/mol. The monoisotopic (exact) mass is 244 g/mol. The quantitative estimate of drug-likeness (QED) is 0.878. The summed E-state index contributed by atoms with van der Waals surface area (Å²) in [5, 5.41) is 12.9. The number of carboxylic acid groups (broad SMARTS) is 1. The van der Waals surface area contributed by atoms with Gasteiger partial charge in [0.25, 0.3) is 0 Å². The standard InChI is InChI=1S/C8H9BrN2O2/c9-6-3-10-11(4-6)5-8(1-2-8)7(12)13/h3-4H,1-2,5H2,(H,12,13). The fraction of sp³-hybridized carbons (Fsp3) is 0.500. The second kappa shape index (κ2) is 2.83. The number of aliphatic carboxylic acids is 1. The maximum absolute atomic E-state index is 10.8. The topological polar surface area (TPSA) is 55.1 Å². The molecule has 2 rings (SSSR count). The van der Waals surface area contributed by atoms with Gasteiger partial charge in [-0.25, -0.2) is 0 Å². The van der Waals surface area contributed by atoms with E-state index in [1.165, 1.54) is 0 Å². The molecule has 0 spiro atoms. The van der Waals surface area contributed by atoms with Gasteiger partial charge in [0.05, 0.1) is 22.6 Å². The molecule has 0 bridgehead atoms. The Morgan fingerprint density at radius 1 is 1.77 bits per heavy atom. The third kappa shape index (κ3) is 1.60. The van der Waals surface area contributed by atoms with E-state index in [0.717, 1.165) is 17.3 Å². The van der Waals surface area contributed by atoms with Crippen molar-refractivity contribution in [2.75, 3.05) is 0 Å².